The minimum atomic E-state index is 0.404. The molecule has 1 unspecified atom stereocenters. The van der Waals surface area contributed by atoms with Crippen molar-refractivity contribution in [3.8, 4) is 0 Å². The first-order valence-corrected chi connectivity index (χ1v) is 8.39. The van der Waals surface area contributed by atoms with E-state index in [1.165, 1.54) is 5.56 Å². The molecule has 0 aliphatic rings. The molecule has 1 atom stereocenters. The fourth-order valence-corrected chi connectivity index (χ4v) is 2.19. The molecule has 0 aliphatic heterocycles. The number of aliphatic imine (C=N–C) groups is 1. The minimum absolute atomic E-state index is 0.404. The number of rotatable bonds is 8. The third-order valence-electron chi connectivity index (χ3n) is 3.75. The van der Waals surface area contributed by atoms with E-state index in [0.717, 1.165) is 37.5 Å². The summed E-state index contributed by atoms with van der Waals surface area (Å²) in [5, 5.41) is 6.86. The second kappa shape index (κ2) is 9.72. The van der Waals surface area contributed by atoms with Gasteiger partial charge in [-0.2, -0.15) is 0 Å². The lowest BCUT2D eigenvalue weighted by Crippen LogP contribution is -2.43. The number of hydrogen-bond donors (Lipinski definition) is 2. The van der Waals surface area contributed by atoms with E-state index in [9.17, 15) is 0 Å². The molecule has 0 amide bonds. The second-order valence-corrected chi connectivity index (χ2v) is 5.68. The molecule has 124 valence electrons. The smallest absolute Gasteiger partial charge is 0.191 e. The zero-order valence-electron chi connectivity index (χ0n) is 14.1. The van der Waals surface area contributed by atoms with Crippen molar-refractivity contribution < 1.29 is 4.42 Å². The first-order chi connectivity index (χ1) is 11.3. The number of furan rings is 1. The minimum Gasteiger partial charge on any atom is -0.469 e. The van der Waals surface area contributed by atoms with Crippen molar-refractivity contribution in [1.82, 2.24) is 10.6 Å². The van der Waals surface area contributed by atoms with Gasteiger partial charge in [0.05, 0.1) is 6.26 Å². The van der Waals surface area contributed by atoms with E-state index in [1.807, 2.05) is 18.2 Å². The number of hydrogen-bond acceptors (Lipinski definition) is 2. The van der Waals surface area contributed by atoms with Crippen LogP contribution in [0.15, 0.2) is 58.1 Å². The highest BCUT2D eigenvalue weighted by atomic mass is 16.3. The van der Waals surface area contributed by atoms with Crippen LogP contribution in [0.4, 0.5) is 0 Å². The van der Waals surface area contributed by atoms with E-state index < -0.39 is 0 Å². The van der Waals surface area contributed by atoms with Crippen LogP contribution in [0.5, 0.6) is 0 Å². The summed E-state index contributed by atoms with van der Waals surface area (Å²) in [6, 6.07) is 14.8. The number of benzene rings is 1. The van der Waals surface area contributed by atoms with E-state index in [0.29, 0.717) is 12.6 Å². The van der Waals surface area contributed by atoms with E-state index >= 15 is 0 Å². The average Bonchev–Trinajstić information content (AvgIpc) is 3.09. The zero-order chi connectivity index (χ0) is 16.3. The van der Waals surface area contributed by atoms with E-state index in [1.54, 1.807) is 6.26 Å². The zero-order valence-corrected chi connectivity index (χ0v) is 14.1. The van der Waals surface area contributed by atoms with Crippen LogP contribution in [0.2, 0.25) is 0 Å². The van der Waals surface area contributed by atoms with Gasteiger partial charge in [0.15, 0.2) is 5.96 Å². The number of guanidine groups is 1. The van der Waals surface area contributed by atoms with Crippen LogP contribution >= 0.6 is 0 Å². The van der Waals surface area contributed by atoms with Gasteiger partial charge in [-0.1, -0.05) is 37.3 Å². The van der Waals surface area contributed by atoms with Gasteiger partial charge in [-0.05, 0) is 37.5 Å². The Morgan fingerprint density at radius 3 is 2.65 bits per heavy atom. The Hall–Kier alpha value is -2.23. The van der Waals surface area contributed by atoms with Crippen molar-refractivity contribution in [2.75, 3.05) is 13.1 Å². The highest BCUT2D eigenvalue weighted by Crippen LogP contribution is 2.01. The fourth-order valence-electron chi connectivity index (χ4n) is 2.19. The van der Waals surface area contributed by atoms with Gasteiger partial charge in [0.25, 0.3) is 0 Å². The lowest BCUT2D eigenvalue weighted by Gasteiger charge is -2.17. The fraction of sp³-hybridized carbons (Fsp3) is 0.421. The highest BCUT2D eigenvalue weighted by molar-refractivity contribution is 5.80. The Balaban J connectivity index is 1.82. The van der Waals surface area contributed by atoms with Crippen molar-refractivity contribution >= 4 is 5.96 Å². The molecule has 2 N–H and O–H groups in total. The summed E-state index contributed by atoms with van der Waals surface area (Å²) in [5.41, 5.74) is 1.33. The highest BCUT2D eigenvalue weighted by Gasteiger charge is 2.04. The van der Waals surface area contributed by atoms with Crippen molar-refractivity contribution in [2.24, 2.45) is 4.99 Å². The van der Waals surface area contributed by atoms with Crippen LogP contribution < -0.4 is 10.6 Å². The molecule has 4 heteroatoms. The first-order valence-electron chi connectivity index (χ1n) is 8.39. The van der Waals surface area contributed by atoms with E-state index in [-0.39, 0.29) is 0 Å². The summed E-state index contributed by atoms with van der Waals surface area (Å²) in [7, 11) is 0. The number of nitrogens with one attached hydrogen (secondary N) is 2. The molecule has 0 spiro atoms. The Kier molecular flexibility index (Phi) is 7.24. The Labute approximate surface area is 139 Å². The molecule has 1 aromatic heterocycles. The maximum atomic E-state index is 5.35. The molecular weight excluding hydrogens is 286 g/mol. The molecule has 1 heterocycles. The third kappa shape index (κ3) is 6.59. The lowest BCUT2D eigenvalue weighted by molar-refractivity contribution is 0.510. The summed E-state index contributed by atoms with van der Waals surface area (Å²) in [6.45, 7) is 5.92. The van der Waals surface area contributed by atoms with Crippen molar-refractivity contribution in [2.45, 2.75) is 39.2 Å². The van der Waals surface area contributed by atoms with Crippen LogP contribution in [0.3, 0.4) is 0 Å². The topological polar surface area (TPSA) is 49.6 Å². The predicted molar refractivity (Wildman–Crippen MR) is 95.8 cm³/mol. The summed E-state index contributed by atoms with van der Waals surface area (Å²) in [6.07, 6.45) is 4.58. The molecular formula is C19H27N3O. The third-order valence-corrected chi connectivity index (χ3v) is 3.75. The van der Waals surface area contributed by atoms with Crippen molar-refractivity contribution in [1.29, 1.82) is 0 Å². The molecule has 1 aromatic carbocycles. The van der Waals surface area contributed by atoms with Crippen LogP contribution in [0, 0.1) is 0 Å². The predicted octanol–water partition coefficient (Wildman–Crippen LogP) is 3.40. The summed E-state index contributed by atoms with van der Waals surface area (Å²) in [5.74, 6) is 1.85. The van der Waals surface area contributed by atoms with Gasteiger partial charge in [0.1, 0.15) is 5.76 Å². The maximum absolute atomic E-state index is 5.35. The lowest BCUT2D eigenvalue weighted by atomic mass is 10.1. The van der Waals surface area contributed by atoms with Crippen LogP contribution in [0.25, 0.3) is 0 Å². The summed E-state index contributed by atoms with van der Waals surface area (Å²) in [4.78, 5) is 4.65. The molecule has 2 rings (SSSR count). The van der Waals surface area contributed by atoms with Crippen molar-refractivity contribution in [3.63, 3.8) is 0 Å². The molecule has 23 heavy (non-hydrogen) atoms. The van der Waals surface area contributed by atoms with Gasteiger partial charge in [-0.3, -0.25) is 4.99 Å². The summed E-state index contributed by atoms with van der Waals surface area (Å²) < 4.78 is 5.35. The van der Waals surface area contributed by atoms with Gasteiger partial charge in [-0.15, -0.1) is 0 Å². The second-order valence-electron chi connectivity index (χ2n) is 5.68. The van der Waals surface area contributed by atoms with Gasteiger partial charge >= 0.3 is 0 Å². The SMILES string of the molecule is CCC(C)NC(=NCCc1ccco1)NCCc1ccccc1. The van der Waals surface area contributed by atoms with E-state index in [4.69, 9.17) is 4.42 Å². The molecule has 0 aliphatic carbocycles. The standard InChI is InChI=1S/C19H27N3O/c1-3-16(2)22-19(21-14-12-18-10-7-15-23-18)20-13-11-17-8-5-4-6-9-17/h4-10,15-16H,3,11-14H2,1-2H3,(H2,20,21,22). The molecule has 0 fully saturated rings. The molecule has 0 saturated carbocycles. The van der Waals surface area contributed by atoms with Gasteiger partial charge in [0.2, 0.25) is 0 Å². The molecule has 0 bridgehead atoms. The Morgan fingerprint density at radius 1 is 1.13 bits per heavy atom. The van der Waals surface area contributed by atoms with Gasteiger partial charge < -0.3 is 15.1 Å². The Morgan fingerprint density at radius 2 is 1.96 bits per heavy atom. The number of nitrogens with zero attached hydrogens (tertiary/aromatic N) is 1. The average molecular weight is 313 g/mol. The summed E-state index contributed by atoms with van der Waals surface area (Å²) >= 11 is 0. The molecule has 4 nitrogen and oxygen atoms in total. The quantitative estimate of drug-likeness (QED) is 0.580. The van der Waals surface area contributed by atoms with E-state index in [2.05, 4.69) is 53.7 Å². The van der Waals surface area contributed by atoms with Gasteiger partial charge in [-0.25, -0.2) is 0 Å². The Bertz CT molecular complexity index is 564. The first kappa shape index (κ1) is 17.1. The largest absolute Gasteiger partial charge is 0.469 e. The molecule has 0 radical (unpaired) electrons. The normalized spacial score (nSPS) is 12.9. The van der Waals surface area contributed by atoms with Crippen LogP contribution in [-0.2, 0) is 12.8 Å². The maximum Gasteiger partial charge on any atom is 0.191 e. The van der Waals surface area contributed by atoms with Gasteiger partial charge in [0, 0.05) is 25.6 Å². The van der Waals surface area contributed by atoms with Crippen molar-refractivity contribution in [3.05, 3.63) is 60.1 Å². The monoisotopic (exact) mass is 313 g/mol. The van der Waals surface area contributed by atoms with Crippen LogP contribution in [-0.4, -0.2) is 25.1 Å². The molecule has 2 aromatic rings. The van der Waals surface area contributed by atoms with Crippen LogP contribution in [0.1, 0.15) is 31.6 Å². The molecule has 0 saturated heterocycles.